The molecular weight excluding hydrogens is 230 g/mol. The van der Waals surface area contributed by atoms with Crippen LogP contribution in [0.1, 0.15) is 5.69 Å². The quantitative estimate of drug-likeness (QED) is 0.750. The van der Waals surface area contributed by atoms with Gasteiger partial charge in [0.05, 0.1) is 11.2 Å². The summed E-state index contributed by atoms with van der Waals surface area (Å²) in [5.41, 5.74) is 8.63. The van der Waals surface area contributed by atoms with Gasteiger partial charge in [-0.05, 0) is 24.3 Å². The highest BCUT2D eigenvalue weighted by Gasteiger charge is 2.04. The van der Waals surface area contributed by atoms with E-state index in [0.717, 1.165) is 27.2 Å². The molecule has 0 aliphatic rings. The maximum Gasteiger partial charge on any atom is 0.123 e. The largest absolute Gasteiger partial charge is 0.325 e. The summed E-state index contributed by atoms with van der Waals surface area (Å²) in [6.45, 7) is 0.492. The molecule has 0 saturated carbocycles. The normalized spacial score (nSPS) is 10.9. The molecule has 0 saturated heterocycles. The van der Waals surface area contributed by atoms with Crippen LogP contribution in [0, 0.1) is 0 Å². The molecular formula is C13H11N3S. The van der Waals surface area contributed by atoms with Gasteiger partial charge in [0.1, 0.15) is 5.01 Å². The molecule has 0 aliphatic carbocycles. The van der Waals surface area contributed by atoms with E-state index >= 15 is 0 Å². The molecule has 2 aromatic heterocycles. The first-order chi connectivity index (χ1) is 8.36. The standard InChI is InChI=1S/C13H11N3S/c14-7-11-8-17-13(16-11)10-3-4-12-9(6-10)2-1-5-15-12/h1-6,8H,7,14H2. The lowest BCUT2D eigenvalue weighted by Crippen LogP contribution is -1.95. The van der Waals surface area contributed by atoms with Crippen molar-refractivity contribution in [3.8, 4) is 10.6 Å². The number of fused-ring (bicyclic) bond motifs is 1. The molecule has 17 heavy (non-hydrogen) atoms. The van der Waals surface area contributed by atoms with E-state index in [-0.39, 0.29) is 0 Å². The summed E-state index contributed by atoms with van der Waals surface area (Å²) in [5.74, 6) is 0. The Balaban J connectivity index is 2.11. The summed E-state index contributed by atoms with van der Waals surface area (Å²) in [5, 5.41) is 4.15. The first kappa shape index (κ1) is 10.4. The van der Waals surface area contributed by atoms with Crippen LogP contribution in [-0.4, -0.2) is 9.97 Å². The number of pyridine rings is 1. The van der Waals surface area contributed by atoms with Crippen LogP contribution < -0.4 is 5.73 Å². The Morgan fingerprint density at radius 3 is 3.00 bits per heavy atom. The summed E-state index contributed by atoms with van der Waals surface area (Å²) in [6.07, 6.45) is 1.80. The highest BCUT2D eigenvalue weighted by Crippen LogP contribution is 2.26. The Morgan fingerprint density at radius 2 is 2.18 bits per heavy atom. The van der Waals surface area contributed by atoms with Crippen molar-refractivity contribution in [1.82, 2.24) is 9.97 Å². The van der Waals surface area contributed by atoms with Gasteiger partial charge in [-0.2, -0.15) is 0 Å². The summed E-state index contributed by atoms with van der Waals surface area (Å²) in [7, 11) is 0. The van der Waals surface area contributed by atoms with Gasteiger partial charge in [-0.3, -0.25) is 4.98 Å². The van der Waals surface area contributed by atoms with E-state index in [0.29, 0.717) is 6.54 Å². The summed E-state index contributed by atoms with van der Waals surface area (Å²) >= 11 is 1.62. The zero-order valence-corrected chi connectivity index (χ0v) is 9.95. The maximum atomic E-state index is 5.57. The molecule has 3 nitrogen and oxygen atoms in total. The number of benzene rings is 1. The number of rotatable bonds is 2. The molecule has 1 aromatic carbocycles. The zero-order valence-electron chi connectivity index (χ0n) is 9.13. The van der Waals surface area contributed by atoms with Gasteiger partial charge in [0.25, 0.3) is 0 Å². The minimum atomic E-state index is 0.492. The fourth-order valence-electron chi connectivity index (χ4n) is 1.74. The SMILES string of the molecule is NCc1csc(-c2ccc3ncccc3c2)n1. The number of thiazole rings is 1. The van der Waals surface area contributed by atoms with Gasteiger partial charge < -0.3 is 5.73 Å². The van der Waals surface area contributed by atoms with Gasteiger partial charge in [0, 0.05) is 29.1 Å². The Kier molecular flexibility index (Phi) is 2.59. The predicted octanol–water partition coefficient (Wildman–Crippen LogP) is 2.82. The second kappa shape index (κ2) is 4.24. The van der Waals surface area contributed by atoms with Crippen LogP contribution in [-0.2, 0) is 6.54 Å². The molecule has 4 heteroatoms. The Morgan fingerprint density at radius 1 is 1.24 bits per heavy atom. The second-order valence-electron chi connectivity index (χ2n) is 3.76. The van der Waals surface area contributed by atoms with Crippen molar-refractivity contribution in [2.75, 3.05) is 0 Å². The van der Waals surface area contributed by atoms with Crippen molar-refractivity contribution in [3.63, 3.8) is 0 Å². The number of nitrogens with zero attached hydrogens (tertiary/aromatic N) is 2. The number of nitrogens with two attached hydrogens (primary N) is 1. The zero-order chi connectivity index (χ0) is 11.7. The lowest BCUT2D eigenvalue weighted by atomic mass is 10.1. The van der Waals surface area contributed by atoms with Gasteiger partial charge in [-0.15, -0.1) is 11.3 Å². The minimum absolute atomic E-state index is 0.492. The third-order valence-corrected chi connectivity index (χ3v) is 3.55. The van der Waals surface area contributed by atoms with Crippen LogP contribution in [0.4, 0.5) is 0 Å². The van der Waals surface area contributed by atoms with Gasteiger partial charge in [-0.1, -0.05) is 6.07 Å². The highest BCUT2D eigenvalue weighted by molar-refractivity contribution is 7.13. The molecule has 0 spiro atoms. The number of hydrogen-bond acceptors (Lipinski definition) is 4. The van der Waals surface area contributed by atoms with E-state index in [1.54, 1.807) is 17.5 Å². The highest BCUT2D eigenvalue weighted by atomic mass is 32.1. The first-order valence-electron chi connectivity index (χ1n) is 5.36. The summed E-state index contributed by atoms with van der Waals surface area (Å²) in [4.78, 5) is 8.78. The molecule has 3 aromatic rings. The molecule has 84 valence electrons. The van der Waals surface area contributed by atoms with Crippen LogP contribution in [0.15, 0.2) is 41.9 Å². The van der Waals surface area contributed by atoms with Crippen LogP contribution >= 0.6 is 11.3 Å². The lowest BCUT2D eigenvalue weighted by Gasteiger charge is -1.99. The fraction of sp³-hybridized carbons (Fsp3) is 0.0769. The topological polar surface area (TPSA) is 51.8 Å². The fourth-order valence-corrected chi connectivity index (χ4v) is 2.57. The van der Waals surface area contributed by atoms with Crippen LogP contribution in [0.2, 0.25) is 0 Å². The molecule has 0 bridgehead atoms. The smallest absolute Gasteiger partial charge is 0.123 e. The first-order valence-corrected chi connectivity index (χ1v) is 6.24. The van der Waals surface area contributed by atoms with Crippen molar-refractivity contribution in [3.05, 3.63) is 47.6 Å². The van der Waals surface area contributed by atoms with E-state index in [2.05, 4.69) is 28.2 Å². The van der Waals surface area contributed by atoms with Gasteiger partial charge in [0.15, 0.2) is 0 Å². The van der Waals surface area contributed by atoms with E-state index in [1.165, 1.54) is 0 Å². The third kappa shape index (κ3) is 1.92. The average Bonchev–Trinajstić information content (AvgIpc) is 2.87. The van der Waals surface area contributed by atoms with Crippen molar-refractivity contribution < 1.29 is 0 Å². The summed E-state index contributed by atoms with van der Waals surface area (Å²) in [6, 6.07) is 10.2. The Bertz CT molecular complexity index is 660. The van der Waals surface area contributed by atoms with Crippen LogP contribution in [0.25, 0.3) is 21.5 Å². The Labute approximate surface area is 103 Å². The van der Waals surface area contributed by atoms with E-state index in [9.17, 15) is 0 Å². The molecule has 0 fully saturated rings. The molecule has 0 aliphatic heterocycles. The predicted molar refractivity (Wildman–Crippen MR) is 70.7 cm³/mol. The monoisotopic (exact) mass is 241 g/mol. The van der Waals surface area contributed by atoms with E-state index in [1.807, 2.05) is 17.5 Å². The van der Waals surface area contributed by atoms with Gasteiger partial charge in [0.2, 0.25) is 0 Å². The molecule has 3 rings (SSSR count). The minimum Gasteiger partial charge on any atom is -0.325 e. The number of aromatic nitrogens is 2. The molecule has 2 heterocycles. The average molecular weight is 241 g/mol. The Hall–Kier alpha value is -1.78. The van der Waals surface area contributed by atoms with E-state index < -0.39 is 0 Å². The molecule has 0 radical (unpaired) electrons. The van der Waals surface area contributed by atoms with Gasteiger partial charge in [-0.25, -0.2) is 4.98 Å². The van der Waals surface area contributed by atoms with E-state index in [4.69, 9.17) is 5.73 Å². The van der Waals surface area contributed by atoms with Crippen molar-refractivity contribution in [2.45, 2.75) is 6.54 Å². The second-order valence-corrected chi connectivity index (χ2v) is 4.62. The van der Waals surface area contributed by atoms with Gasteiger partial charge >= 0.3 is 0 Å². The summed E-state index contributed by atoms with van der Waals surface area (Å²) < 4.78 is 0. The lowest BCUT2D eigenvalue weighted by molar-refractivity contribution is 1.01. The van der Waals surface area contributed by atoms with Crippen molar-refractivity contribution in [1.29, 1.82) is 0 Å². The molecule has 0 unspecified atom stereocenters. The third-order valence-electron chi connectivity index (χ3n) is 2.61. The van der Waals surface area contributed by atoms with Crippen molar-refractivity contribution in [2.24, 2.45) is 5.73 Å². The van der Waals surface area contributed by atoms with Crippen LogP contribution in [0.5, 0.6) is 0 Å². The van der Waals surface area contributed by atoms with Crippen molar-refractivity contribution >= 4 is 22.2 Å². The molecule has 0 amide bonds. The molecule has 2 N–H and O–H groups in total. The van der Waals surface area contributed by atoms with Crippen LogP contribution in [0.3, 0.4) is 0 Å². The maximum absolute atomic E-state index is 5.57. The molecule has 0 atom stereocenters. The number of hydrogen-bond donors (Lipinski definition) is 1.